The smallest absolute Gasteiger partial charge is 0.199 e. The van der Waals surface area contributed by atoms with Gasteiger partial charge in [-0.1, -0.05) is 48.5 Å². The monoisotopic (exact) mass is 247 g/mol. The number of para-hydroxylation sites is 1. The third-order valence-corrected chi connectivity index (χ3v) is 4.07. The van der Waals surface area contributed by atoms with Crippen LogP contribution in [0.3, 0.4) is 0 Å². The van der Waals surface area contributed by atoms with E-state index in [0.29, 0.717) is 0 Å². The Morgan fingerprint density at radius 3 is 2.53 bits per heavy atom. The number of ketones is 1. The predicted octanol–water partition coefficient (Wildman–Crippen LogP) is 3.15. The van der Waals surface area contributed by atoms with E-state index in [9.17, 15) is 4.79 Å². The van der Waals surface area contributed by atoms with Crippen LogP contribution in [0.15, 0.2) is 66.7 Å². The topological polar surface area (TPSA) is 20.3 Å². The molecule has 1 unspecified atom stereocenters. The van der Waals surface area contributed by atoms with E-state index in [1.807, 2.05) is 60.7 Å². The van der Waals surface area contributed by atoms with Crippen LogP contribution < -0.4 is 4.90 Å². The van der Waals surface area contributed by atoms with Crippen molar-refractivity contribution in [3.05, 3.63) is 77.9 Å². The Bertz CT molecular complexity index is 689. The molecule has 4 rings (SSSR count). The molecule has 19 heavy (non-hydrogen) atoms. The van der Waals surface area contributed by atoms with E-state index < -0.39 is 5.54 Å². The van der Waals surface area contributed by atoms with Gasteiger partial charge >= 0.3 is 0 Å². The molecule has 0 N–H and O–H groups in total. The molecule has 2 aromatic rings. The molecule has 0 saturated heterocycles. The zero-order valence-electron chi connectivity index (χ0n) is 10.4. The second-order valence-electron chi connectivity index (χ2n) is 4.99. The molecule has 0 bridgehead atoms. The lowest BCUT2D eigenvalue weighted by molar-refractivity contribution is 0.0935. The molecule has 0 fully saturated rings. The van der Waals surface area contributed by atoms with Crippen LogP contribution in [0.2, 0.25) is 0 Å². The highest BCUT2D eigenvalue weighted by Crippen LogP contribution is 2.47. The summed E-state index contributed by atoms with van der Waals surface area (Å²) >= 11 is 0. The van der Waals surface area contributed by atoms with Crippen molar-refractivity contribution in [2.24, 2.45) is 0 Å². The highest BCUT2D eigenvalue weighted by molar-refractivity contribution is 6.16. The van der Waals surface area contributed by atoms with E-state index in [0.717, 1.165) is 23.4 Å². The number of Topliss-reactive ketones (excluding diaryl/α,β-unsaturated/α-hetero) is 1. The SMILES string of the molecule is O=C1c2ccccc2N2CC=CC12c1ccccc1. The van der Waals surface area contributed by atoms with Gasteiger partial charge < -0.3 is 4.90 Å². The number of rotatable bonds is 1. The number of carbonyl (C=O) groups is 1. The molecule has 2 nitrogen and oxygen atoms in total. The van der Waals surface area contributed by atoms with Gasteiger partial charge in [0.2, 0.25) is 0 Å². The Hall–Kier alpha value is -2.35. The van der Waals surface area contributed by atoms with Crippen molar-refractivity contribution in [2.75, 3.05) is 11.4 Å². The van der Waals surface area contributed by atoms with E-state index in [1.165, 1.54) is 0 Å². The first kappa shape index (κ1) is 10.6. The zero-order chi connectivity index (χ0) is 12.9. The lowest BCUT2D eigenvalue weighted by Gasteiger charge is -2.32. The largest absolute Gasteiger partial charge is 0.347 e. The van der Waals surface area contributed by atoms with Gasteiger partial charge in [-0.25, -0.2) is 0 Å². The van der Waals surface area contributed by atoms with Crippen LogP contribution in [-0.2, 0) is 5.54 Å². The maximum absolute atomic E-state index is 12.9. The van der Waals surface area contributed by atoms with Gasteiger partial charge in [-0.15, -0.1) is 0 Å². The normalized spacial score (nSPS) is 23.6. The van der Waals surface area contributed by atoms with E-state index in [-0.39, 0.29) is 5.78 Å². The summed E-state index contributed by atoms with van der Waals surface area (Å²) in [6.07, 6.45) is 4.13. The molecule has 1 atom stereocenters. The summed E-state index contributed by atoms with van der Waals surface area (Å²) in [4.78, 5) is 15.1. The minimum atomic E-state index is -0.620. The van der Waals surface area contributed by atoms with Crippen LogP contribution >= 0.6 is 0 Å². The summed E-state index contributed by atoms with van der Waals surface area (Å²) in [7, 11) is 0. The van der Waals surface area contributed by atoms with E-state index in [1.54, 1.807) is 0 Å². The first-order valence-electron chi connectivity index (χ1n) is 6.49. The molecule has 2 heteroatoms. The minimum absolute atomic E-state index is 0.183. The van der Waals surface area contributed by atoms with Gasteiger partial charge in [0.1, 0.15) is 5.54 Å². The van der Waals surface area contributed by atoms with Crippen LogP contribution in [0.25, 0.3) is 0 Å². The van der Waals surface area contributed by atoms with Crippen LogP contribution in [0, 0.1) is 0 Å². The fraction of sp³-hybridized carbons (Fsp3) is 0.118. The van der Waals surface area contributed by atoms with Gasteiger partial charge in [0, 0.05) is 17.8 Å². The molecule has 2 aliphatic heterocycles. The second-order valence-corrected chi connectivity index (χ2v) is 4.99. The molecule has 92 valence electrons. The average Bonchev–Trinajstić information content (AvgIpc) is 3.01. The number of hydrogen-bond acceptors (Lipinski definition) is 2. The number of benzene rings is 2. The van der Waals surface area contributed by atoms with Gasteiger partial charge in [0.25, 0.3) is 0 Å². The molecule has 0 aliphatic carbocycles. The fourth-order valence-corrected chi connectivity index (χ4v) is 3.23. The van der Waals surface area contributed by atoms with Crippen molar-refractivity contribution in [3.63, 3.8) is 0 Å². The first-order valence-corrected chi connectivity index (χ1v) is 6.49. The maximum Gasteiger partial charge on any atom is 0.199 e. The van der Waals surface area contributed by atoms with Gasteiger partial charge in [0.15, 0.2) is 5.78 Å². The number of carbonyl (C=O) groups excluding carboxylic acids is 1. The molecule has 0 radical (unpaired) electrons. The quantitative estimate of drug-likeness (QED) is 0.721. The number of anilines is 1. The fourth-order valence-electron chi connectivity index (χ4n) is 3.23. The lowest BCUT2D eigenvalue weighted by Crippen LogP contribution is -2.42. The Morgan fingerprint density at radius 1 is 0.947 bits per heavy atom. The summed E-state index contributed by atoms with van der Waals surface area (Å²) in [5.41, 5.74) is 2.30. The first-order chi connectivity index (χ1) is 9.34. The van der Waals surface area contributed by atoms with E-state index in [2.05, 4.69) is 11.0 Å². The van der Waals surface area contributed by atoms with Crippen LogP contribution in [0.4, 0.5) is 5.69 Å². The molecule has 0 saturated carbocycles. The molecule has 2 aromatic carbocycles. The Kier molecular flexibility index (Phi) is 1.99. The Balaban J connectivity index is 1.99. The molecule has 2 heterocycles. The van der Waals surface area contributed by atoms with Crippen molar-refractivity contribution in [3.8, 4) is 0 Å². The Labute approximate surface area is 112 Å². The lowest BCUT2D eigenvalue weighted by atomic mass is 9.86. The van der Waals surface area contributed by atoms with E-state index in [4.69, 9.17) is 0 Å². The zero-order valence-corrected chi connectivity index (χ0v) is 10.4. The number of nitrogens with zero attached hydrogens (tertiary/aromatic N) is 1. The molecular formula is C17H13NO. The molecule has 2 aliphatic rings. The average molecular weight is 247 g/mol. The molecule has 0 aromatic heterocycles. The van der Waals surface area contributed by atoms with Crippen molar-refractivity contribution in [1.82, 2.24) is 0 Å². The van der Waals surface area contributed by atoms with Gasteiger partial charge in [-0.05, 0) is 23.8 Å². The standard InChI is InChI=1S/C17H13NO/c19-16-14-9-4-5-10-15(14)18-12-6-11-17(16,18)13-7-2-1-3-8-13/h1-11H,12H2. The van der Waals surface area contributed by atoms with Crippen LogP contribution in [-0.4, -0.2) is 12.3 Å². The predicted molar refractivity (Wildman–Crippen MR) is 75.4 cm³/mol. The maximum atomic E-state index is 12.9. The third-order valence-electron chi connectivity index (χ3n) is 4.07. The summed E-state index contributed by atoms with van der Waals surface area (Å²) < 4.78 is 0. The summed E-state index contributed by atoms with van der Waals surface area (Å²) in [5.74, 6) is 0.183. The summed E-state index contributed by atoms with van der Waals surface area (Å²) in [5, 5.41) is 0. The van der Waals surface area contributed by atoms with Gasteiger partial charge in [-0.3, -0.25) is 4.79 Å². The van der Waals surface area contributed by atoms with Crippen molar-refractivity contribution in [1.29, 1.82) is 0 Å². The van der Waals surface area contributed by atoms with Gasteiger partial charge in [-0.2, -0.15) is 0 Å². The highest BCUT2D eigenvalue weighted by Gasteiger charge is 2.52. The molecule has 0 amide bonds. The number of fused-ring (bicyclic) bond motifs is 3. The molecular weight excluding hydrogens is 234 g/mol. The van der Waals surface area contributed by atoms with Crippen LogP contribution in [0.1, 0.15) is 15.9 Å². The number of hydrogen-bond donors (Lipinski definition) is 0. The second kappa shape index (κ2) is 3.58. The van der Waals surface area contributed by atoms with Crippen molar-refractivity contribution < 1.29 is 4.79 Å². The van der Waals surface area contributed by atoms with Crippen molar-refractivity contribution in [2.45, 2.75) is 5.54 Å². The third kappa shape index (κ3) is 1.18. The Morgan fingerprint density at radius 2 is 1.68 bits per heavy atom. The minimum Gasteiger partial charge on any atom is -0.347 e. The summed E-state index contributed by atoms with van der Waals surface area (Å²) in [6.45, 7) is 0.789. The molecule has 0 spiro atoms. The van der Waals surface area contributed by atoms with Gasteiger partial charge in [0.05, 0.1) is 0 Å². The van der Waals surface area contributed by atoms with Crippen LogP contribution in [0.5, 0.6) is 0 Å². The van der Waals surface area contributed by atoms with E-state index >= 15 is 0 Å². The summed E-state index contributed by atoms with van der Waals surface area (Å²) in [6, 6.07) is 17.9. The highest BCUT2D eigenvalue weighted by atomic mass is 16.1. The van der Waals surface area contributed by atoms with Crippen molar-refractivity contribution >= 4 is 11.5 Å².